The summed E-state index contributed by atoms with van der Waals surface area (Å²) in [6.45, 7) is 5.35. The summed E-state index contributed by atoms with van der Waals surface area (Å²) in [7, 11) is 0. The Morgan fingerprint density at radius 2 is 2.00 bits per heavy atom. The number of aromatic nitrogens is 3. The molecule has 26 heavy (non-hydrogen) atoms. The molecule has 132 valence electrons. The molecule has 2 aromatic heterocycles. The van der Waals surface area contributed by atoms with Gasteiger partial charge in [-0.15, -0.1) is 0 Å². The van der Waals surface area contributed by atoms with Crippen LogP contribution in [0.3, 0.4) is 0 Å². The number of rotatable bonds is 3. The molecule has 1 aliphatic heterocycles. The van der Waals surface area contributed by atoms with Crippen molar-refractivity contribution in [1.82, 2.24) is 20.5 Å². The van der Waals surface area contributed by atoms with Crippen LogP contribution in [0, 0.1) is 13.8 Å². The quantitative estimate of drug-likeness (QED) is 0.721. The molecule has 0 radical (unpaired) electrons. The fourth-order valence-corrected chi connectivity index (χ4v) is 3.22. The van der Waals surface area contributed by atoms with E-state index in [-0.39, 0.29) is 11.9 Å². The van der Waals surface area contributed by atoms with Gasteiger partial charge in [0.15, 0.2) is 0 Å². The summed E-state index contributed by atoms with van der Waals surface area (Å²) in [5.41, 5.74) is 3.35. The van der Waals surface area contributed by atoms with Gasteiger partial charge in [0.2, 0.25) is 0 Å². The summed E-state index contributed by atoms with van der Waals surface area (Å²) in [4.78, 5) is 19.0. The van der Waals surface area contributed by atoms with E-state index in [4.69, 9.17) is 11.6 Å². The summed E-state index contributed by atoms with van der Waals surface area (Å²) >= 11 is 5.93. The Morgan fingerprint density at radius 1 is 1.19 bits per heavy atom. The van der Waals surface area contributed by atoms with E-state index < -0.39 is 0 Å². The van der Waals surface area contributed by atoms with Gasteiger partial charge in [0, 0.05) is 24.0 Å². The molecular weight excluding hydrogens is 350 g/mol. The summed E-state index contributed by atoms with van der Waals surface area (Å²) in [5.74, 6) is 0.753. The zero-order chi connectivity index (χ0) is 18.3. The molecule has 1 saturated heterocycles. The third kappa shape index (κ3) is 3.08. The number of nitrogens with one attached hydrogen (secondary N) is 1. The van der Waals surface area contributed by atoms with Gasteiger partial charge in [-0.25, -0.2) is 4.98 Å². The SMILES string of the molecule is Cc1nnc2ccc(C(=O)NC3CN(c4cccc(Cl)n4)C3)cc2c1C. The van der Waals surface area contributed by atoms with Crippen molar-refractivity contribution < 1.29 is 4.79 Å². The predicted octanol–water partition coefficient (Wildman–Crippen LogP) is 2.91. The number of nitrogens with zero attached hydrogens (tertiary/aromatic N) is 4. The van der Waals surface area contributed by atoms with Crippen LogP contribution in [0.5, 0.6) is 0 Å². The van der Waals surface area contributed by atoms with Crippen molar-refractivity contribution in [1.29, 1.82) is 0 Å². The molecule has 0 aliphatic carbocycles. The van der Waals surface area contributed by atoms with Crippen LogP contribution in [0.25, 0.3) is 10.9 Å². The molecule has 6 nitrogen and oxygen atoms in total. The molecule has 3 heterocycles. The molecule has 0 atom stereocenters. The third-order valence-corrected chi connectivity index (χ3v) is 4.96. The molecule has 0 spiro atoms. The van der Waals surface area contributed by atoms with E-state index in [1.54, 1.807) is 12.1 Å². The Hall–Kier alpha value is -2.73. The number of benzene rings is 1. The fraction of sp³-hybridized carbons (Fsp3) is 0.263. The molecule has 1 fully saturated rings. The van der Waals surface area contributed by atoms with Gasteiger partial charge in [-0.2, -0.15) is 10.2 Å². The molecule has 1 aromatic carbocycles. The number of carbonyl (C=O) groups is 1. The Morgan fingerprint density at radius 3 is 2.77 bits per heavy atom. The van der Waals surface area contributed by atoms with Crippen LogP contribution in [0.2, 0.25) is 5.15 Å². The number of fused-ring (bicyclic) bond motifs is 1. The summed E-state index contributed by atoms with van der Waals surface area (Å²) < 4.78 is 0. The third-order valence-electron chi connectivity index (χ3n) is 4.75. The summed E-state index contributed by atoms with van der Waals surface area (Å²) in [6, 6.07) is 11.1. The van der Waals surface area contributed by atoms with Gasteiger partial charge in [0.1, 0.15) is 11.0 Å². The second-order valence-corrected chi connectivity index (χ2v) is 6.92. The number of pyridine rings is 1. The van der Waals surface area contributed by atoms with E-state index in [1.165, 1.54) is 0 Å². The fourth-order valence-electron chi connectivity index (χ4n) is 3.06. The molecule has 0 saturated carbocycles. The number of hydrogen-bond donors (Lipinski definition) is 1. The van der Waals surface area contributed by atoms with Crippen molar-refractivity contribution >= 4 is 34.2 Å². The van der Waals surface area contributed by atoms with Crippen LogP contribution < -0.4 is 10.2 Å². The van der Waals surface area contributed by atoms with Crippen molar-refractivity contribution in [2.75, 3.05) is 18.0 Å². The van der Waals surface area contributed by atoms with Crippen molar-refractivity contribution in [3.8, 4) is 0 Å². The van der Waals surface area contributed by atoms with E-state index in [2.05, 4.69) is 25.4 Å². The second-order valence-electron chi connectivity index (χ2n) is 6.54. The van der Waals surface area contributed by atoms with Gasteiger partial charge < -0.3 is 10.2 Å². The highest BCUT2D eigenvalue weighted by molar-refractivity contribution is 6.29. The first-order chi connectivity index (χ1) is 12.5. The van der Waals surface area contributed by atoms with Crippen LogP contribution in [0.1, 0.15) is 21.6 Å². The zero-order valence-corrected chi connectivity index (χ0v) is 15.3. The number of hydrogen-bond acceptors (Lipinski definition) is 5. The largest absolute Gasteiger partial charge is 0.352 e. The Labute approximate surface area is 156 Å². The Balaban J connectivity index is 1.45. The number of amides is 1. The topological polar surface area (TPSA) is 71.0 Å². The predicted molar refractivity (Wildman–Crippen MR) is 102 cm³/mol. The second kappa shape index (κ2) is 6.53. The first-order valence-corrected chi connectivity index (χ1v) is 8.81. The highest BCUT2D eigenvalue weighted by Crippen LogP contribution is 2.22. The van der Waals surface area contributed by atoms with Gasteiger partial charge in [0.25, 0.3) is 5.91 Å². The first-order valence-electron chi connectivity index (χ1n) is 8.43. The maximum Gasteiger partial charge on any atom is 0.251 e. The number of aryl methyl sites for hydroxylation is 2. The molecule has 1 aliphatic rings. The highest BCUT2D eigenvalue weighted by Gasteiger charge is 2.29. The molecule has 7 heteroatoms. The van der Waals surface area contributed by atoms with Crippen LogP contribution in [-0.2, 0) is 0 Å². The molecule has 1 N–H and O–H groups in total. The lowest BCUT2D eigenvalue weighted by Crippen LogP contribution is -2.59. The van der Waals surface area contributed by atoms with Gasteiger partial charge in [-0.05, 0) is 49.7 Å². The van der Waals surface area contributed by atoms with Crippen LogP contribution in [0.15, 0.2) is 36.4 Å². The number of carbonyl (C=O) groups excluding carboxylic acids is 1. The normalized spacial score (nSPS) is 14.3. The van der Waals surface area contributed by atoms with Crippen molar-refractivity contribution in [2.24, 2.45) is 0 Å². The minimum absolute atomic E-state index is 0.0792. The average Bonchev–Trinajstić information content (AvgIpc) is 2.60. The molecule has 4 rings (SSSR count). The highest BCUT2D eigenvalue weighted by atomic mass is 35.5. The minimum atomic E-state index is -0.0792. The van der Waals surface area contributed by atoms with E-state index in [0.717, 1.165) is 41.1 Å². The monoisotopic (exact) mass is 367 g/mol. The van der Waals surface area contributed by atoms with Crippen LogP contribution in [0.4, 0.5) is 5.82 Å². The average molecular weight is 368 g/mol. The lowest BCUT2D eigenvalue weighted by molar-refractivity contribution is 0.0930. The van der Waals surface area contributed by atoms with Crippen LogP contribution in [-0.4, -0.2) is 40.2 Å². The lowest BCUT2D eigenvalue weighted by Gasteiger charge is -2.40. The zero-order valence-electron chi connectivity index (χ0n) is 14.5. The molecule has 0 unspecified atom stereocenters. The van der Waals surface area contributed by atoms with Crippen molar-refractivity contribution in [3.63, 3.8) is 0 Å². The number of halogens is 1. The Bertz CT molecular complexity index is 1000. The standard InChI is InChI=1S/C19H18ClN5O/c1-11-12(2)23-24-16-7-6-13(8-15(11)16)19(26)21-14-9-25(10-14)18-5-3-4-17(20)22-18/h3-8,14H,9-10H2,1-2H3,(H,21,26). The van der Waals surface area contributed by atoms with Crippen molar-refractivity contribution in [3.05, 3.63) is 58.4 Å². The molecular formula is C19H18ClN5O. The lowest BCUT2D eigenvalue weighted by atomic mass is 10.0. The maximum absolute atomic E-state index is 12.6. The molecule has 1 amide bonds. The van der Waals surface area contributed by atoms with Gasteiger partial charge >= 0.3 is 0 Å². The van der Waals surface area contributed by atoms with E-state index in [0.29, 0.717) is 10.7 Å². The summed E-state index contributed by atoms with van der Waals surface area (Å²) in [6.07, 6.45) is 0. The Kier molecular flexibility index (Phi) is 4.20. The van der Waals surface area contributed by atoms with Crippen molar-refractivity contribution in [2.45, 2.75) is 19.9 Å². The van der Waals surface area contributed by atoms with E-state index >= 15 is 0 Å². The first kappa shape index (κ1) is 16.7. The van der Waals surface area contributed by atoms with Crippen LogP contribution >= 0.6 is 11.6 Å². The smallest absolute Gasteiger partial charge is 0.251 e. The van der Waals surface area contributed by atoms with Gasteiger partial charge in [0.05, 0.1) is 17.3 Å². The van der Waals surface area contributed by atoms with Gasteiger partial charge in [-0.1, -0.05) is 17.7 Å². The van der Waals surface area contributed by atoms with Gasteiger partial charge in [-0.3, -0.25) is 4.79 Å². The summed E-state index contributed by atoms with van der Waals surface area (Å²) in [5, 5.41) is 12.8. The van der Waals surface area contributed by atoms with E-state index in [9.17, 15) is 4.79 Å². The number of anilines is 1. The maximum atomic E-state index is 12.6. The molecule has 3 aromatic rings. The molecule has 0 bridgehead atoms. The van der Waals surface area contributed by atoms with E-state index in [1.807, 2.05) is 38.1 Å². The minimum Gasteiger partial charge on any atom is -0.352 e.